The van der Waals surface area contributed by atoms with E-state index in [2.05, 4.69) is 22.4 Å². The zero-order valence-electron chi connectivity index (χ0n) is 18.9. The molecule has 2 aromatic carbocycles. The molecule has 0 fully saturated rings. The molecule has 170 valence electrons. The van der Waals surface area contributed by atoms with Crippen LogP contribution in [0.5, 0.6) is 5.75 Å². The number of hydrogen-bond donors (Lipinski definition) is 4. The lowest BCUT2D eigenvalue weighted by molar-refractivity contribution is 0.0782. The van der Waals surface area contributed by atoms with E-state index in [1.54, 1.807) is 14.0 Å². The molecule has 0 aliphatic carbocycles. The SMILES string of the molecule is CC[C@@H](NCCc1ccc(C(=O)N(C)Cc2n[nH]c(C)c2O)cc1)[C@H](O)c1ccccc1. The number of aryl methyl sites for hydroxylation is 1. The van der Waals surface area contributed by atoms with E-state index in [0.717, 1.165) is 30.5 Å². The zero-order valence-corrected chi connectivity index (χ0v) is 18.9. The molecule has 1 heterocycles. The van der Waals surface area contributed by atoms with Gasteiger partial charge in [0.15, 0.2) is 5.75 Å². The summed E-state index contributed by atoms with van der Waals surface area (Å²) in [5.41, 5.74) is 3.64. The zero-order chi connectivity index (χ0) is 23.1. The van der Waals surface area contributed by atoms with Crippen LogP contribution in [-0.4, -0.2) is 50.9 Å². The number of carbonyl (C=O) groups excluding carboxylic acids is 1. The number of benzene rings is 2. The number of nitrogens with one attached hydrogen (secondary N) is 2. The first kappa shape index (κ1) is 23.5. The smallest absolute Gasteiger partial charge is 0.253 e. The van der Waals surface area contributed by atoms with Crippen molar-refractivity contribution < 1.29 is 15.0 Å². The first-order valence-electron chi connectivity index (χ1n) is 10.9. The van der Waals surface area contributed by atoms with Crippen molar-refractivity contribution in [1.82, 2.24) is 20.4 Å². The summed E-state index contributed by atoms with van der Waals surface area (Å²) in [5.74, 6) is -0.0398. The molecule has 7 heteroatoms. The van der Waals surface area contributed by atoms with Gasteiger partial charge in [0.2, 0.25) is 0 Å². The molecule has 4 N–H and O–H groups in total. The number of carbonyl (C=O) groups is 1. The number of hydrogen-bond acceptors (Lipinski definition) is 5. The van der Waals surface area contributed by atoms with Crippen molar-refractivity contribution in [2.45, 2.75) is 45.4 Å². The van der Waals surface area contributed by atoms with Crippen LogP contribution >= 0.6 is 0 Å². The number of aliphatic hydroxyl groups is 1. The number of H-pyrrole nitrogens is 1. The van der Waals surface area contributed by atoms with Gasteiger partial charge in [0.25, 0.3) is 5.91 Å². The molecule has 0 saturated carbocycles. The van der Waals surface area contributed by atoms with Crippen molar-refractivity contribution in [2.24, 2.45) is 0 Å². The van der Waals surface area contributed by atoms with Crippen molar-refractivity contribution in [3.8, 4) is 5.75 Å². The maximum absolute atomic E-state index is 12.7. The molecule has 2 atom stereocenters. The van der Waals surface area contributed by atoms with E-state index in [-0.39, 0.29) is 24.2 Å². The summed E-state index contributed by atoms with van der Waals surface area (Å²) in [6.45, 7) is 4.74. The van der Waals surface area contributed by atoms with Gasteiger partial charge in [-0.05, 0) is 49.6 Å². The summed E-state index contributed by atoms with van der Waals surface area (Å²) < 4.78 is 0. The molecule has 0 spiro atoms. The maximum atomic E-state index is 12.7. The Morgan fingerprint density at radius 2 is 1.84 bits per heavy atom. The summed E-state index contributed by atoms with van der Waals surface area (Å²) >= 11 is 0. The van der Waals surface area contributed by atoms with Crippen LogP contribution in [0.4, 0.5) is 0 Å². The quantitative estimate of drug-likeness (QED) is 0.390. The molecule has 0 aliphatic heterocycles. The number of aromatic amines is 1. The van der Waals surface area contributed by atoms with Gasteiger partial charge in [0.05, 0.1) is 18.3 Å². The Bertz CT molecular complexity index is 1000. The lowest BCUT2D eigenvalue weighted by Gasteiger charge is -2.23. The van der Waals surface area contributed by atoms with E-state index in [1.165, 1.54) is 4.90 Å². The lowest BCUT2D eigenvalue weighted by atomic mass is 10.00. The molecular formula is C25H32N4O3. The summed E-state index contributed by atoms with van der Waals surface area (Å²) in [7, 11) is 1.69. The standard InChI is InChI=1S/C25H32N4O3/c1-4-21(24(31)19-8-6-5-7-9-19)26-15-14-18-10-12-20(13-11-18)25(32)29(3)16-22-23(30)17(2)27-28-22/h5-13,21,24,26,30-31H,4,14-16H2,1-3H3,(H,27,28)/t21-,24-/m1/s1. The molecule has 0 aliphatic rings. The second-order valence-corrected chi connectivity index (χ2v) is 8.08. The van der Waals surface area contributed by atoms with Crippen LogP contribution < -0.4 is 5.32 Å². The summed E-state index contributed by atoms with van der Waals surface area (Å²) in [5, 5.41) is 30.8. The van der Waals surface area contributed by atoms with Crippen molar-refractivity contribution in [1.29, 1.82) is 0 Å². The first-order chi connectivity index (χ1) is 15.4. The van der Waals surface area contributed by atoms with Gasteiger partial charge in [-0.2, -0.15) is 5.10 Å². The second kappa shape index (κ2) is 10.9. The third kappa shape index (κ3) is 5.75. The Morgan fingerprint density at radius 3 is 2.44 bits per heavy atom. The van der Waals surface area contributed by atoms with Gasteiger partial charge in [-0.3, -0.25) is 9.89 Å². The molecule has 3 rings (SSSR count). The van der Waals surface area contributed by atoms with Crippen LogP contribution in [0.3, 0.4) is 0 Å². The van der Waals surface area contributed by atoms with E-state index in [0.29, 0.717) is 17.0 Å². The predicted molar refractivity (Wildman–Crippen MR) is 124 cm³/mol. The third-order valence-corrected chi connectivity index (χ3v) is 5.70. The van der Waals surface area contributed by atoms with Gasteiger partial charge < -0.3 is 20.4 Å². The fourth-order valence-electron chi connectivity index (χ4n) is 3.68. The average Bonchev–Trinajstić information content (AvgIpc) is 3.14. The lowest BCUT2D eigenvalue weighted by Crippen LogP contribution is -2.35. The van der Waals surface area contributed by atoms with Gasteiger partial charge in [-0.15, -0.1) is 0 Å². The number of nitrogens with zero attached hydrogens (tertiary/aromatic N) is 2. The van der Waals surface area contributed by atoms with E-state index in [9.17, 15) is 15.0 Å². The fourth-order valence-corrected chi connectivity index (χ4v) is 3.68. The molecule has 0 radical (unpaired) electrons. The van der Waals surface area contributed by atoms with E-state index >= 15 is 0 Å². The highest BCUT2D eigenvalue weighted by Crippen LogP contribution is 2.20. The van der Waals surface area contributed by atoms with Crippen molar-refractivity contribution in [2.75, 3.05) is 13.6 Å². The van der Waals surface area contributed by atoms with Crippen LogP contribution in [0.2, 0.25) is 0 Å². The highest BCUT2D eigenvalue weighted by molar-refractivity contribution is 5.94. The Morgan fingerprint density at radius 1 is 1.16 bits per heavy atom. The van der Waals surface area contributed by atoms with Crippen LogP contribution in [0.15, 0.2) is 54.6 Å². The van der Waals surface area contributed by atoms with Crippen LogP contribution in [0.1, 0.15) is 52.3 Å². The van der Waals surface area contributed by atoms with Crippen LogP contribution in [0, 0.1) is 6.92 Å². The topological polar surface area (TPSA) is 101 Å². The molecule has 7 nitrogen and oxygen atoms in total. The molecule has 0 unspecified atom stereocenters. The minimum absolute atomic E-state index is 0.0194. The summed E-state index contributed by atoms with van der Waals surface area (Å²) in [6, 6.07) is 17.2. The normalized spacial score (nSPS) is 13.0. The van der Waals surface area contributed by atoms with Gasteiger partial charge in [0, 0.05) is 18.7 Å². The van der Waals surface area contributed by atoms with Crippen molar-refractivity contribution in [3.63, 3.8) is 0 Å². The molecular weight excluding hydrogens is 404 g/mol. The predicted octanol–water partition coefficient (Wildman–Crippen LogP) is 3.34. The van der Waals surface area contributed by atoms with E-state index in [1.807, 2.05) is 54.6 Å². The largest absolute Gasteiger partial charge is 0.504 e. The number of rotatable bonds is 10. The molecule has 32 heavy (non-hydrogen) atoms. The number of aromatic nitrogens is 2. The number of amides is 1. The minimum atomic E-state index is -0.547. The Kier molecular flexibility index (Phi) is 8.03. The van der Waals surface area contributed by atoms with Crippen LogP contribution in [-0.2, 0) is 13.0 Å². The highest BCUT2D eigenvalue weighted by atomic mass is 16.3. The average molecular weight is 437 g/mol. The molecule has 1 amide bonds. The monoisotopic (exact) mass is 436 g/mol. The minimum Gasteiger partial charge on any atom is -0.504 e. The van der Waals surface area contributed by atoms with E-state index < -0.39 is 6.10 Å². The summed E-state index contributed by atoms with van der Waals surface area (Å²) in [6.07, 6.45) is 1.07. The number of aromatic hydroxyl groups is 1. The number of aliphatic hydroxyl groups excluding tert-OH is 1. The first-order valence-corrected chi connectivity index (χ1v) is 10.9. The Hall–Kier alpha value is -3.16. The highest BCUT2D eigenvalue weighted by Gasteiger charge is 2.19. The van der Waals surface area contributed by atoms with Crippen LogP contribution in [0.25, 0.3) is 0 Å². The Labute approximate surface area is 189 Å². The summed E-state index contributed by atoms with van der Waals surface area (Å²) in [4.78, 5) is 14.2. The molecule has 3 aromatic rings. The van der Waals surface area contributed by atoms with Crippen molar-refractivity contribution >= 4 is 5.91 Å². The fraction of sp³-hybridized carbons (Fsp3) is 0.360. The Balaban J connectivity index is 1.51. The second-order valence-electron chi connectivity index (χ2n) is 8.08. The third-order valence-electron chi connectivity index (χ3n) is 5.70. The molecule has 0 saturated heterocycles. The maximum Gasteiger partial charge on any atom is 0.253 e. The molecule has 0 bridgehead atoms. The van der Waals surface area contributed by atoms with Gasteiger partial charge in [-0.1, -0.05) is 49.4 Å². The van der Waals surface area contributed by atoms with Gasteiger partial charge >= 0.3 is 0 Å². The van der Waals surface area contributed by atoms with Gasteiger partial charge in [0.1, 0.15) is 5.69 Å². The van der Waals surface area contributed by atoms with E-state index in [4.69, 9.17) is 0 Å². The van der Waals surface area contributed by atoms with Crippen molar-refractivity contribution in [3.05, 3.63) is 82.7 Å². The van der Waals surface area contributed by atoms with Gasteiger partial charge in [-0.25, -0.2) is 0 Å². The molecule has 1 aromatic heterocycles.